The Balaban J connectivity index is 4.01. The minimum Gasteiger partial charge on any atom is -0.354 e. The van der Waals surface area contributed by atoms with Gasteiger partial charge >= 0.3 is 0 Å². The Hall–Kier alpha value is -0.670. The zero-order valence-electron chi connectivity index (χ0n) is 6.66. The van der Waals surface area contributed by atoms with Crippen LogP contribution in [0, 0.1) is 12.5 Å². The van der Waals surface area contributed by atoms with Gasteiger partial charge in [-0.25, -0.2) is 8.78 Å². The Morgan fingerprint density at radius 1 is 1.64 bits per heavy atom. The standard InChI is InChI=1S/C7H12F2NO/c1-7(2,6(8)9)4-5(11)10-3/h6H,3-4H2,1-2H3,(H,10,11). The van der Waals surface area contributed by atoms with Crippen molar-refractivity contribution in [2.45, 2.75) is 26.7 Å². The lowest BCUT2D eigenvalue weighted by Gasteiger charge is -2.21. The number of amides is 1. The highest BCUT2D eigenvalue weighted by atomic mass is 19.3. The van der Waals surface area contributed by atoms with Crippen molar-refractivity contribution >= 4 is 5.91 Å². The van der Waals surface area contributed by atoms with E-state index in [0.29, 0.717) is 0 Å². The van der Waals surface area contributed by atoms with Crippen LogP contribution in [0.2, 0.25) is 0 Å². The first-order chi connectivity index (χ1) is 4.90. The minimum atomic E-state index is -2.49. The summed E-state index contributed by atoms with van der Waals surface area (Å²) >= 11 is 0. The van der Waals surface area contributed by atoms with Gasteiger partial charge in [0.25, 0.3) is 0 Å². The van der Waals surface area contributed by atoms with Gasteiger partial charge in [0.15, 0.2) is 0 Å². The molecule has 0 aliphatic heterocycles. The Kier molecular flexibility index (Phi) is 3.42. The molecular formula is C7H12F2NO. The molecule has 0 aliphatic carbocycles. The molecule has 65 valence electrons. The van der Waals surface area contributed by atoms with Gasteiger partial charge in [0.2, 0.25) is 12.3 Å². The SMILES string of the molecule is [CH2]NC(=O)CC(C)(C)C(F)F. The highest BCUT2D eigenvalue weighted by Crippen LogP contribution is 2.28. The third-order valence-electron chi connectivity index (χ3n) is 1.40. The van der Waals surface area contributed by atoms with Crippen LogP contribution >= 0.6 is 0 Å². The Morgan fingerprint density at radius 2 is 2.09 bits per heavy atom. The Morgan fingerprint density at radius 3 is 2.36 bits per heavy atom. The molecule has 0 fully saturated rings. The van der Waals surface area contributed by atoms with E-state index in [4.69, 9.17) is 0 Å². The van der Waals surface area contributed by atoms with Crippen LogP contribution in [0.3, 0.4) is 0 Å². The molecule has 1 N–H and O–H groups in total. The molecule has 0 saturated heterocycles. The van der Waals surface area contributed by atoms with Crippen LogP contribution in [0.4, 0.5) is 8.78 Å². The van der Waals surface area contributed by atoms with Crippen molar-refractivity contribution in [1.29, 1.82) is 0 Å². The van der Waals surface area contributed by atoms with E-state index in [1.165, 1.54) is 13.8 Å². The maximum absolute atomic E-state index is 12.1. The highest BCUT2D eigenvalue weighted by molar-refractivity contribution is 5.76. The fourth-order valence-corrected chi connectivity index (χ4v) is 0.553. The van der Waals surface area contributed by atoms with Gasteiger partial charge in [0.05, 0.1) is 0 Å². The molecular weight excluding hydrogens is 152 g/mol. The molecule has 0 atom stereocenters. The van der Waals surface area contributed by atoms with Gasteiger partial charge in [0.1, 0.15) is 0 Å². The zero-order valence-corrected chi connectivity index (χ0v) is 6.66. The summed E-state index contributed by atoms with van der Waals surface area (Å²) in [5, 5.41) is 2.05. The molecule has 0 heterocycles. The van der Waals surface area contributed by atoms with Gasteiger partial charge in [0, 0.05) is 18.9 Å². The van der Waals surface area contributed by atoms with E-state index in [-0.39, 0.29) is 6.42 Å². The number of halogens is 2. The number of hydrogen-bond acceptors (Lipinski definition) is 1. The normalized spacial score (nSPS) is 11.8. The van der Waals surface area contributed by atoms with Crippen molar-refractivity contribution in [3.8, 4) is 0 Å². The van der Waals surface area contributed by atoms with Crippen LogP contribution in [0.15, 0.2) is 0 Å². The van der Waals surface area contributed by atoms with Crippen molar-refractivity contribution < 1.29 is 13.6 Å². The number of nitrogens with one attached hydrogen (secondary N) is 1. The lowest BCUT2D eigenvalue weighted by atomic mass is 9.90. The third-order valence-corrected chi connectivity index (χ3v) is 1.40. The van der Waals surface area contributed by atoms with Crippen molar-refractivity contribution in [2.24, 2.45) is 5.41 Å². The molecule has 1 radical (unpaired) electrons. The Labute approximate surface area is 65.0 Å². The second-order valence-electron chi connectivity index (χ2n) is 3.07. The molecule has 4 heteroatoms. The fourth-order valence-electron chi connectivity index (χ4n) is 0.553. The minimum absolute atomic E-state index is 0.200. The molecule has 0 aromatic carbocycles. The largest absolute Gasteiger partial charge is 0.354 e. The molecule has 0 spiro atoms. The summed E-state index contributed by atoms with van der Waals surface area (Å²) in [6, 6.07) is 0. The van der Waals surface area contributed by atoms with Crippen molar-refractivity contribution in [3.63, 3.8) is 0 Å². The summed E-state index contributed by atoms with van der Waals surface area (Å²) in [6.45, 7) is 2.68. The topological polar surface area (TPSA) is 29.1 Å². The quantitative estimate of drug-likeness (QED) is 0.674. The number of carbonyl (C=O) groups is 1. The van der Waals surface area contributed by atoms with Gasteiger partial charge in [-0.05, 0) is 0 Å². The second-order valence-corrected chi connectivity index (χ2v) is 3.07. The molecule has 1 amide bonds. The van der Waals surface area contributed by atoms with Crippen molar-refractivity contribution in [1.82, 2.24) is 5.32 Å². The first-order valence-electron chi connectivity index (χ1n) is 3.24. The predicted molar refractivity (Wildman–Crippen MR) is 37.9 cm³/mol. The predicted octanol–water partition coefficient (Wildman–Crippen LogP) is 1.58. The van der Waals surface area contributed by atoms with E-state index < -0.39 is 17.7 Å². The average Bonchev–Trinajstić information content (AvgIpc) is 1.86. The molecule has 0 unspecified atom stereocenters. The molecule has 0 rings (SSSR count). The first kappa shape index (κ1) is 10.3. The van der Waals surface area contributed by atoms with Crippen LogP contribution in [-0.4, -0.2) is 12.3 Å². The fraction of sp³-hybridized carbons (Fsp3) is 0.714. The molecule has 0 saturated carbocycles. The number of carbonyl (C=O) groups excluding carboxylic acids is 1. The van der Waals surface area contributed by atoms with Crippen LogP contribution in [0.1, 0.15) is 20.3 Å². The summed E-state index contributed by atoms with van der Waals surface area (Å²) in [5.41, 5.74) is -1.26. The summed E-state index contributed by atoms with van der Waals surface area (Å²) in [7, 11) is 3.08. The van der Waals surface area contributed by atoms with Crippen molar-refractivity contribution in [2.75, 3.05) is 0 Å². The van der Waals surface area contributed by atoms with Gasteiger partial charge in [-0.1, -0.05) is 13.8 Å². The van der Waals surface area contributed by atoms with Crippen molar-refractivity contribution in [3.05, 3.63) is 7.05 Å². The van der Waals surface area contributed by atoms with E-state index in [0.717, 1.165) is 0 Å². The highest BCUT2D eigenvalue weighted by Gasteiger charge is 2.31. The van der Waals surface area contributed by atoms with Gasteiger partial charge < -0.3 is 5.32 Å². The van der Waals surface area contributed by atoms with E-state index in [1.54, 1.807) is 0 Å². The van der Waals surface area contributed by atoms with Gasteiger partial charge in [-0.15, -0.1) is 0 Å². The van der Waals surface area contributed by atoms with Gasteiger partial charge in [-0.2, -0.15) is 0 Å². The number of hydrogen-bond donors (Lipinski definition) is 1. The number of rotatable bonds is 3. The molecule has 0 bridgehead atoms. The van der Waals surface area contributed by atoms with E-state index >= 15 is 0 Å². The maximum atomic E-state index is 12.1. The van der Waals surface area contributed by atoms with Gasteiger partial charge in [-0.3, -0.25) is 4.79 Å². The third kappa shape index (κ3) is 3.30. The second kappa shape index (κ2) is 3.64. The Bertz CT molecular complexity index is 145. The lowest BCUT2D eigenvalue weighted by Crippen LogP contribution is -2.29. The zero-order chi connectivity index (χ0) is 9.07. The summed E-state index contributed by atoms with van der Waals surface area (Å²) in [4.78, 5) is 10.6. The first-order valence-corrected chi connectivity index (χ1v) is 3.24. The van der Waals surface area contributed by atoms with Crippen LogP contribution in [-0.2, 0) is 4.79 Å². The smallest absolute Gasteiger partial charge is 0.244 e. The molecule has 2 nitrogen and oxygen atoms in total. The van der Waals surface area contributed by atoms with E-state index in [1.807, 2.05) is 0 Å². The maximum Gasteiger partial charge on any atom is 0.244 e. The van der Waals surface area contributed by atoms with E-state index in [2.05, 4.69) is 12.4 Å². The average molecular weight is 164 g/mol. The molecule has 11 heavy (non-hydrogen) atoms. The molecule has 0 aromatic rings. The molecule has 0 aliphatic rings. The van der Waals surface area contributed by atoms with Crippen LogP contribution in [0.25, 0.3) is 0 Å². The summed E-state index contributed by atoms with van der Waals surface area (Å²) < 4.78 is 24.2. The number of alkyl halides is 2. The lowest BCUT2D eigenvalue weighted by molar-refractivity contribution is -0.124. The molecule has 0 aromatic heterocycles. The van der Waals surface area contributed by atoms with Crippen LogP contribution in [0.5, 0.6) is 0 Å². The van der Waals surface area contributed by atoms with Crippen LogP contribution < -0.4 is 5.32 Å². The summed E-state index contributed by atoms with van der Waals surface area (Å²) in [5.74, 6) is -0.463. The summed E-state index contributed by atoms with van der Waals surface area (Å²) in [6.07, 6.45) is -2.69. The monoisotopic (exact) mass is 164 g/mol. The van der Waals surface area contributed by atoms with E-state index in [9.17, 15) is 13.6 Å².